The first-order valence-electron chi connectivity index (χ1n) is 9.22. The molecular formula is C22H27NOS. The SMILES string of the molecule is Cc1sc(C(=O)CCc2ccc(N(C)C)cc2)c2c1[C@H]1[C@@H](C2)C1(C)C. The summed E-state index contributed by atoms with van der Waals surface area (Å²) in [5.74, 6) is 1.82. The van der Waals surface area contributed by atoms with E-state index >= 15 is 0 Å². The molecule has 1 saturated carbocycles. The molecule has 1 heterocycles. The first-order valence-corrected chi connectivity index (χ1v) is 10.0. The van der Waals surface area contributed by atoms with Gasteiger partial charge in [0.25, 0.3) is 0 Å². The van der Waals surface area contributed by atoms with E-state index in [1.54, 1.807) is 11.3 Å². The zero-order valence-electron chi connectivity index (χ0n) is 15.8. The summed E-state index contributed by atoms with van der Waals surface area (Å²) in [5.41, 5.74) is 5.81. The Morgan fingerprint density at radius 3 is 2.56 bits per heavy atom. The van der Waals surface area contributed by atoms with Crippen LogP contribution < -0.4 is 4.90 Å². The highest BCUT2D eigenvalue weighted by atomic mass is 32.1. The maximum atomic E-state index is 12.9. The Morgan fingerprint density at radius 1 is 1.24 bits per heavy atom. The molecule has 0 spiro atoms. The van der Waals surface area contributed by atoms with E-state index in [2.05, 4.69) is 49.9 Å². The molecule has 0 saturated heterocycles. The summed E-state index contributed by atoms with van der Waals surface area (Å²) in [7, 11) is 4.09. The molecule has 2 nitrogen and oxygen atoms in total. The van der Waals surface area contributed by atoms with E-state index < -0.39 is 0 Å². The predicted octanol–water partition coefficient (Wildman–Crippen LogP) is 5.23. The van der Waals surface area contributed by atoms with Crippen LogP contribution in [0.1, 0.15) is 57.4 Å². The van der Waals surface area contributed by atoms with Gasteiger partial charge in [0.15, 0.2) is 5.78 Å². The Bertz CT molecular complexity index is 828. The van der Waals surface area contributed by atoms with E-state index in [9.17, 15) is 4.79 Å². The van der Waals surface area contributed by atoms with Crippen LogP contribution in [0, 0.1) is 18.3 Å². The number of benzene rings is 1. The Labute approximate surface area is 154 Å². The molecule has 0 amide bonds. The number of hydrogen-bond donors (Lipinski definition) is 0. The Hall–Kier alpha value is -1.61. The standard InChI is InChI=1S/C22H27NOS/c1-13-19-16(12-17-20(19)22(17,2)3)21(25-13)18(24)11-8-14-6-9-15(10-7-14)23(4)5/h6-7,9-10,17,20H,8,11-12H2,1-5H3/t17-,20-/m1/s1. The monoisotopic (exact) mass is 353 g/mol. The smallest absolute Gasteiger partial charge is 0.173 e. The molecule has 2 aliphatic rings. The molecule has 1 fully saturated rings. The summed E-state index contributed by atoms with van der Waals surface area (Å²) in [6, 6.07) is 8.54. The van der Waals surface area contributed by atoms with E-state index in [0.717, 1.165) is 23.6 Å². The minimum atomic E-state index is 0.338. The van der Waals surface area contributed by atoms with Crippen LogP contribution in [0.4, 0.5) is 5.69 Å². The van der Waals surface area contributed by atoms with Crippen molar-refractivity contribution >= 4 is 22.8 Å². The van der Waals surface area contributed by atoms with Crippen LogP contribution in [0.3, 0.4) is 0 Å². The minimum Gasteiger partial charge on any atom is -0.378 e. The molecule has 0 bridgehead atoms. The number of fused-ring (bicyclic) bond motifs is 3. The molecule has 0 aliphatic heterocycles. The van der Waals surface area contributed by atoms with Gasteiger partial charge >= 0.3 is 0 Å². The Kier molecular flexibility index (Phi) is 3.84. The number of ketones is 1. The van der Waals surface area contributed by atoms with Crippen molar-refractivity contribution in [2.24, 2.45) is 11.3 Å². The number of aryl methyl sites for hydroxylation is 2. The van der Waals surface area contributed by atoms with Crippen molar-refractivity contribution < 1.29 is 4.79 Å². The van der Waals surface area contributed by atoms with Gasteiger partial charge in [-0.15, -0.1) is 11.3 Å². The summed E-state index contributed by atoms with van der Waals surface area (Å²) < 4.78 is 0. The van der Waals surface area contributed by atoms with Crippen molar-refractivity contribution in [2.75, 3.05) is 19.0 Å². The molecule has 3 heteroatoms. The maximum Gasteiger partial charge on any atom is 0.173 e. The molecule has 0 radical (unpaired) electrons. The maximum absolute atomic E-state index is 12.9. The largest absolute Gasteiger partial charge is 0.378 e. The lowest BCUT2D eigenvalue weighted by Gasteiger charge is -2.12. The van der Waals surface area contributed by atoms with Gasteiger partial charge in [-0.3, -0.25) is 4.79 Å². The number of nitrogens with zero attached hydrogens (tertiary/aromatic N) is 1. The van der Waals surface area contributed by atoms with E-state index in [4.69, 9.17) is 0 Å². The third-order valence-electron chi connectivity index (χ3n) is 6.37. The second kappa shape index (κ2) is 5.70. The summed E-state index contributed by atoms with van der Waals surface area (Å²) in [6.45, 7) is 6.96. The molecular weight excluding hydrogens is 326 g/mol. The van der Waals surface area contributed by atoms with Crippen molar-refractivity contribution in [2.45, 2.75) is 46.0 Å². The van der Waals surface area contributed by atoms with E-state index in [1.807, 2.05) is 14.1 Å². The normalized spacial score (nSPS) is 22.4. The van der Waals surface area contributed by atoms with Crippen LogP contribution in [0.2, 0.25) is 0 Å². The quantitative estimate of drug-likeness (QED) is 0.686. The Morgan fingerprint density at radius 2 is 1.92 bits per heavy atom. The van der Waals surface area contributed by atoms with Crippen molar-refractivity contribution in [1.82, 2.24) is 0 Å². The van der Waals surface area contributed by atoms with E-state index in [0.29, 0.717) is 23.5 Å². The molecule has 1 aromatic heterocycles. The number of rotatable bonds is 5. The number of thiophene rings is 1. The third kappa shape index (κ3) is 2.64. The third-order valence-corrected chi connectivity index (χ3v) is 7.57. The van der Waals surface area contributed by atoms with Gasteiger partial charge in [-0.1, -0.05) is 26.0 Å². The zero-order chi connectivity index (χ0) is 17.9. The van der Waals surface area contributed by atoms with Crippen LogP contribution in [0.15, 0.2) is 24.3 Å². The minimum absolute atomic E-state index is 0.338. The zero-order valence-corrected chi connectivity index (χ0v) is 16.7. The lowest BCUT2D eigenvalue weighted by atomic mass is 9.94. The van der Waals surface area contributed by atoms with Crippen LogP contribution in [0.25, 0.3) is 0 Å². The van der Waals surface area contributed by atoms with Gasteiger partial charge in [-0.05, 0) is 65.8 Å². The van der Waals surface area contributed by atoms with Crippen molar-refractivity contribution in [1.29, 1.82) is 0 Å². The number of hydrogen-bond acceptors (Lipinski definition) is 3. The second-order valence-corrected chi connectivity index (χ2v) is 9.70. The first-order chi connectivity index (χ1) is 11.8. The number of anilines is 1. The highest BCUT2D eigenvalue weighted by molar-refractivity contribution is 7.14. The highest BCUT2D eigenvalue weighted by Crippen LogP contribution is 2.71. The van der Waals surface area contributed by atoms with Gasteiger partial charge < -0.3 is 4.90 Å². The van der Waals surface area contributed by atoms with E-state index in [1.165, 1.54) is 27.3 Å². The molecule has 4 rings (SSSR count). The first kappa shape index (κ1) is 16.8. The summed E-state index contributed by atoms with van der Waals surface area (Å²) in [4.78, 5) is 17.4. The van der Waals surface area contributed by atoms with Crippen molar-refractivity contribution in [3.63, 3.8) is 0 Å². The van der Waals surface area contributed by atoms with Gasteiger partial charge in [0.1, 0.15) is 0 Å². The molecule has 0 N–H and O–H groups in total. The molecule has 0 unspecified atom stereocenters. The van der Waals surface area contributed by atoms with Crippen LogP contribution in [-0.4, -0.2) is 19.9 Å². The summed E-state index contributed by atoms with van der Waals surface area (Å²) in [6.07, 6.45) is 2.57. The fourth-order valence-electron chi connectivity index (χ4n) is 4.69. The lowest BCUT2D eigenvalue weighted by molar-refractivity contribution is 0.0986. The molecule has 1 aromatic carbocycles. The fraction of sp³-hybridized carbons (Fsp3) is 0.500. The average molecular weight is 354 g/mol. The van der Waals surface area contributed by atoms with Gasteiger partial charge in [-0.25, -0.2) is 0 Å². The van der Waals surface area contributed by atoms with Gasteiger partial charge in [0, 0.05) is 31.1 Å². The molecule has 2 aliphatic carbocycles. The average Bonchev–Trinajstić information content (AvgIpc) is 2.93. The number of carbonyl (C=O) groups is 1. The lowest BCUT2D eigenvalue weighted by Crippen LogP contribution is -2.08. The fourth-order valence-corrected chi connectivity index (χ4v) is 5.89. The van der Waals surface area contributed by atoms with Crippen LogP contribution in [-0.2, 0) is 12.8 Å². The second-order valence-electron chi connectivity index (χ2n) is 8.47. The summed E-state index contributed by atoms with van der Waals surface area (Å²) >= 11 is 1.74. The van der Waals surface area contributed by atoms with Crippen LogP contribution in [0.5, 0.6) is 0 Å². The Balaban J connectivity index is 1.46. The number of carbonyl (C=O) groups excluding carboxylic acids is 1. The molecule has 132 valence electrons. The topological polar surface area (TPSA) is 20.3 Å². The molecule has 2 aromatic rings. The molecule has 2 atom stereocenters. The van der Waals surface area contributed by atoms with Gasteiger partial charge in [0.05, 0.1) is 4.88 Å². The van der Waals surface area contributed by atoms with E-state index in [-0.39, 0.29) is 0 Å². The predicted molar refractivity (Wildman–Crippen MR) is 106 cm³/mol. The number of Topliss-reactive ketones (excluding diaryl/α,β-unsaturated/α-hetero) is 1. The highest BCUT2D eigenvalue weighted by Gasteiger charge is 2.63. The van der Waals surface area contributed by atoms with Crippen molar-refractivity contribution in [3.05, 3.63) is 50.7 Å². The van der Waals surface area contributed by atoms with Gasteiger partial charge in [0.2, 0.25) is 0 Å². The van der Waals surface area contributed by atoms with Crippen LogP contribution >= 0.6 is 11.3 Å². The van der Waals surface area contributed by atoms with Crippen molar-refractivity contribution in [3.8, 4) is 0 Å². The summed E-state index contributed by atoms with van der Waals surface area (Å²) in [5, 5.41) is 0. The molecule has 25 heavy (non-hydrogen) atoms. The van der Waals surface area contributed by atoms with Gasteiger partial charge in [-0.2, -0.15) is 0 Å².